The number of hydrogen-bond acceptors (Lipinski definition) is 3. The first-order chi connectivity index (χ1) is 7.88. The van der Waals surface area contributed by atoms with Gasteiger partial charge in [0.25, 0.3) is 0 Å². The molecule has 0 spiro atoms. The first-order valence-electron chi connectivity index (χ1n) is 6.08. The summed E-state index contributed by atoms with van der Waals surface area (Å²) in [6.07, 6.45) is 5.29. The second-order valence-corrected chi connectivity index (χ2v) is 3.92. The Hall–Kier alpha value is -0.870. The van der Waals surface area contributed by atoms with E-state index in [1.54, 1.807) is 7.11 Å². The van der Waals surface area contributed by atoms with Crippen molar-refractivity contribution in [1.29, 1.82) is 0 Å². The molecule has 1 rings (SSSR count). The number of nitrogens with one attached hydrogen (secondary N) is 1. The summed E-state index contributed by atoms with van der Waals surface area (Å²) in [6.45, 7) is 5.99. The lowest BCUT2D eigenvalue weighted by Crippen LogP contribution is -2.18. The van der Waals surface area contributed by atoms with Gasteiger partial charge in [-0.05, 0) is 31.9 Å². The van der Waals surface area contributed by atoms with Crippen LogP contribution >= 0.6 is 0 Å². The Morgan fingerprint density at radius 2 is 2.31 bits per heavy atom. The van der Waals surface area contributed by atoms with Crippen LogP contribution in [0.4, 0.5) is 0 Å². The van der Waals surface area contributed by atoms with Crippen LogP contribution < -0.4 is 5.32 Å². The summed E-state index contributed by atoms with van der Waals surface area (Å²) in [5.41, 5.74) is 1.27. The van der Waals surface area contributed by atoms with Gasteiger partial charge in [0.05, 0.1) is 5.69 Å². The Kier molecular flexibility index (Phi) is 6.85. The molecule has 0 amide bonds. The zero-order valence-electron chi connectivity index (χ0n) is 10.4. The molecular formula is C12H23N3O. The zero-order chi connectivity index (χ0) is 11.6. The summed E-state index contributed by atoms with van der Waals surface area (Å²) in [5, 5.41) is 7.72. The van der Waals surface area contributed by atoms with Gasteiger partial charge in [0.2, 0.25) is 0 Å². The largest absolute Gasteiger partial charge is 0.385 e. The van der Waals surface area contributed by atoms with Crippen LogP contribution in [0.2, 0.25) is 0 Å². The number of methoxy groups -OCH3 is 1. The molecule has 1 N–H and O–H groups in total. The number of hydrogen-bond donors (Lipinski definition) is 1. The van der Waals surface area contributed by atoms with E-state index < -0.39 is 0 Å². The minimum absolute atomic E-state index is 0.857. The Morgan fingerprint density at radius 3 is 3.06 bits per heavy atom. The summed E-state index contributed by atoms with van der Waals surface area (Å²) >= 11 is 0. The SMILES string of the molecule is CCCn1nccc1CNCCCCOC. The molecule has 0 aliphatic carbocycles. The topological polar surface area (TPSA) is 39.1 Å². The third kappa shape index (κ3) is 4.77. The van der Waals surface area contributed by atoms with Crippen LogP contribution in [0.5, 0.6) is 0 Å². The highest BCUT2D eigenvalue weighted by molar-refractivity contribution is 4.99. The number of ether oxygens (including phenoxy) is 1. The maximum Gasteiger partial charge on any atom is 0.0522 e. The van der Waals surface area contributed by atoms with Gasteiger partial charge in [-0.1, -0.05) is 6.92 Å². The molecular weight excluding hydrogens is 202 g/mol. The summed E-state index contributed by atoms with van der Waals surface area (Å²) in [5.74, 6) is 0. The highest BCUT2D eigenvalue weighted by Gasteiger charge is 2.00. The summed E-state index contributed by atoms with van der Waals surface area (Å²) in [4.78, 5) is 0. The summed E-state index contributed by atoms with van der Waals surface area (Å²) in [6, 6.07) is 2.08. The number of nitrogens with zero attached hydrogens (tertiary/aromatic N) is 2. The van der Waals surface area contributed by atoms with Gasteiger partial charge < -0.3 is 10.1 Å². The summed E-state index contributed by atoms with van der Waals surface area (Å²) < 4.78 is 7.08. The number of aromatic nitrogens is 2. The molecule has 0 saturated heterocycles. The molecule has 0 aromatic carbocycles. The summed E-state index contributed by atoms with van der Waals surface area (Å²) in [7, 11) is 1.75. The highest BCUT2D eigenvalue weighted by Crippen LogP contribution is 2.00. The van der Waals surface area contributed by atoms with Gasteiger partial charge in [0.1, 0.15) is 0 Å². The number of aryl methyl sites for hydroxylation is 1. The van der Waals surface area contributed by atoms with Crippen LogP contribution in [0.25, 0.3) is 0 Å². The third-order valence-corrected chi connectivity index (χ3v) is 2.50. The molecule has 0 saturated carbocycles. The molecule has 1 aromatic rings. The zero-order valence-corrected chi connectivity index (χ0v) is 10.4. The smallest absolute Gasteiger partial charge is 0.0522 e. The van der Waals surface area contributed by atoms with E-state index in [4.69, 9.17) is 4.74 Å². The predicted octanol–water partition coefficient (Wildman–Crippen LogP) is 1.81. The van der Waals surface area contributed by atoms with Crippen molar-refractivity contribution in [3.05, 3.63) is 18.0 Å². The normalized spacial score (nSPS) is 10.9. The molecule has 92 valence electrons. The monoisotopic (exact) mass is 225 g/mol. The van der Waals surface area contributed by atoms with E-state index >= 15 is 0 Å². The van der Waals surface area contributed by atoms with E-state index in [0.29, 0.717) is 0 Å². The Labute approximate surface area is 98.0 Å². The van der Waals surface area contributed by atoms with Crippen LogP contribution in [0.15, 0.2) is 12.3 Å². The first-order valence-corrected chi connectivity index (χ1v) is 6.08. The molecule has 0 atom stereocenters. The van der Waals surface area contributed by atoms with Crippen LogP contribution in [0.3, 0.4) is 0 Å². The van der Waals surface area contributed by atoms with Gasteiger partial charge in [-0.25, -0.2) is 0 Å². The highest BCUT2D eigenvalue weighted by atomic mass is 16.5. The van der Waals surface area contributed by atoms with Crippen molar-refractivity contribution in [3.8, 4) is 0 Å². The van der Waals surface area contributed by atoms with Gasteiger partial charge in [-0.15, -0.1) is 0 Å². The lowest BCUT2D eigenvalue weighted by molar-refractivity contribution is 0.192. The van der Waals surface area contributed by atoms with Crippen molar-refractivity contribution in [2.75, 3.05) is 20.3 Å². The fourth-order valence-corrected chi connectivity index (χ4v) is 1.64. The minimum Gasteiger partial charge on any atom is -0.385 e. The average Bonchev–Trinajstić information content (AvgIpc) is 2.72. The molecule has 16 heavy (non-hydrogen) atoms. The third-order valence-electron chi connectivity index (χ3n) is 2.50. The Balaban J connectivity index is 2.13. The van der Waals surface area contributed by atoms with Gasteiger partial charge in [0.15, 0.2) is 0 Å². The van der Waals surface area contributed by atoms with E-state index in [1.165, 1.54) is 5.69 Å². The van der Waals surface area contributed by atoms with Crippen molar-refractivity contribution in [3.63, 3.8) is 0 Å². The van der Waals surface area contributed by atoms with Crippen molar-refractivity contribution < 1.29 is 4.74 Å². The molecule has 4 heteroatoms. The van der Waals surface area contributed by atoms with E-state index in [0.717, 1.165) is 45.5 Å². The molecule has 0 aliphatic rings. The molecule has 0 unspecified atom stereocenters. The van der Waals surface area contributed by atoms with Crippen LogP contribution in [-0.4, -0.2) is 30.0 Å². The lowest BCUT2D eigenvalue weighted by Gasteiger charge is -2.07. The lowest BCUT2D eigenvalue weighted by atomic mass is 10.3. The van der Waals surface area contributed by atoms with Gasteiger partial charge in [0, 0.05) is 33.0 Å². The molecule has 0 fully saturated rings. The van der Waals surface area contributed by atoms with E-state index in [1.807, 2.05) is 6.20 Å². The van der Waals surface area contributed by atoms with Crippen molar-refractivity contribution in [2.45, 2.75) is 39.3 Å². The number of unbranched alkanes of at least 4 members (excludes halogenated alkanes) is 1. The van der Waals surface area contributed by atoms with Crippen LogP contribution in [0.1, 0.15) is 31.9 Å². The fraction of sp³-hybridized carbons (Fsp3) is 0.750. The van der Waals surface area contributed by atoms with E-state index in [9.17, 15) is 0 Å². The van der Waals surface area contributed by atoms with E-state index in [2.05, 4.69) is 28.1 Å². The minimum atomic E-state index is 0.857. The average molecular weight is 225 g/mol. The quantitative estimate of drug-likeness (QED) is 0.651. The predicted molar refractivity (Wildman–Crippen MR) is 65.3 cm³/mol. The van der Waals surface area contributed by atoms with Gasteiger partial charge in [-0.2, -0.15) is 5.10 Å². The van der Waals surface area contributed by atoms with Crippen LogP contribution in [0, 0.1) is 0 Å². The molecule has 4 nitrogen and oxygen atoms in total. The molecule has 0 bridgehead atoms. The van der Waals surface area contributed by atoms with Gasteiger partial charge in [-0.3, -0.25) is 4.68 Å². The standard InChI is InChI=1S/C12H23N3O/c1-3-9-15-12(6-8-14-15)11-13-7-4-5-10-16-2/h6,8,13H,3-5,7,9-11H2,1-2H3. The van der Waals surface area contributed by atoms with Crippen molar-refractivity contribution >= 4 is 0 Å². The van der Waals surface area contributed by atoms with Crippen molar-refractivity contribution in [2.24, 2.45) is 0 Å². The van der Waals surface area contributed by atoms with E-state index in [-0.39, 0.29) is 0 Å². The molecule has 1 aromatic heterocycles. The molecule has 1 heterocycles. The second kappa shape index (κ2) is 8.30. The fourth-order valence-electron chi connectivity index (χ4n) is 1.64. The Bertz CT molecular complexity index is 273. The Morgan fingerprint density at radius 1 is 1.44 bits per heavy atom. The molecule has 0 aliphatic heterocycles. The maximum absolute atomic E-state index is 5.00. The first kappa shape index (κ1) is 13.2. The second-order valence-electron chi connectivity index (χ2n) is 3.92. The van der Waals surface area contributed by atoms with Crippen LogP contribution in [-0.2, 0) is 17.8 Å². The van der Waals surface area contributed by atoms with Gasteiger partial charge >= 0.3 is 0 Å². The number of rotatable bonds is 9. The van der Waals surface area contributed by atoms with Crippen molar-refractivity contribution in [1.82, 2.24) is 15.1 Å². The molecule has 0 radical (unpaired) electrons. The maximum atomic E-state index is 5.00.